The molecule has 19 rings (SSSR count). The largest absolute Gasteiger partial charge is 0.497 e. The van der Waals surface area contributed by atoms with Crippen molar-refractivity contribution in [1.29, 1.82) is 0 Å². The Morgan fingerprint density at radius 2 is 0.878 bits per heavy atom. The van der Waals surface area contributed by atoms with E-state index in [0.29, 0.717) is 73.9 Å². The molecule has 0 bridgehead atoms. The number of benzene rings is 8. The van der Waals surface area contributed by atoms with Gasteiger partial charge in [0.05, 0.1) is 88.0 Å². The SMILES string of the molecule is CCOc1ccc(C2CCCN2C(=O)c2ccc(CNC(N)=O)cc2)cc1.COc1ccc(C2CCCN2C(=O)c2ccc(CNC(N)=O)cc2)cc1.Cc1ccccc1C1CCCN1C(=O)C[NH+]1CCC(C(N)=O)CC1.Cn1cc(C2CCCN2C(=O)c2cccc(OCC(N)=O)c2)cn1.NC(=O)C1CC[NH+](CC(=O)N2CCCC2c2ccsc2)CC1.O=C(c1cccc(-n2cnnn2)c1)N1CCCC1c1ccc(F)cc1. The number of likely N-dealkylation sites (tertiary alicyclic amines) is 8. The maximum Gasteiger partial charge on any atom is 0.312 e. The highest BCUT2D eigenvalue weighted by atomic mass is 32.1. The highest BCUT2D eigenvalue weighted by Gasteiger charge is 2.40. The van der Waals surface area contributed by atoms with Crippen molar-refractivity contribution in [1.82, 2.24) is 70.0 Å². The number of nitrogens with zero attached hydrogens (tertiary/aromatic N) is 12. The zero-order chi connectivity index (χ0) is 105. The summed E-state index contributed by atoms with van der Waals surface area (Å²) in [4.78, 5) is 146. The van der Waals surface area contributed by atoms with Crippen LogP contribution in [0.4, 0.5) is 14.0 Å². The molecule has 0 aliphatic carbocycles. The quantitative estimate of drug-likeness (QED) is 0.0231. The van der Waals surface area contributed by atoms with E-state index in [2.05, 4.69) is 83.0 Å². The smallest absolute Gasteiger partial charge is 0.312 e. The summed E-state index contributed by atoms with van der Waals surface area (Å²) in [6, 6.07) is 60.9. The van der Waals surface area contributed by atoms with Gasteiger partial charge in [0.2, 0.25) is 11.8 Å². The molecule has 0 radical (unpaired) electrons. The van der Waals surface area contributed by atoms with Crippen molar-refractivity contribution < 1.29 is 81.1 Å². The average molecular weight is 2040 g/mol. The summed E-state index contributed by atoms with van der Waals surface area (Å²) < 4.78 is 32.4. The van der Waals surface area contributed by atoms with Crippen molar-refractivity contribution in [3.63, 3.8) is 0 Å². The van der Waals surface area contributed by atoms with Crippen molar-refractivity contribution >= 4 is 76.6 Å². The number of carbonyl (C=O) groups excluding carboxylic acids is 11. The fourth-order valence-electron chi connectivity index (χ4n) is 20.8. The normalized spacial score (nSPS) is 20.1. The van der Waals surface area contributed by atoms with Gasteiger partial charge in [-0.1, -0.05) is 97.1 Å². The summed E-state index contributed by atoms with van der Waals surface area (Å²) in [6.45, 7) is 14.4. The van der Waals surface area contributed by atoms with E-state index >= 15 is 0 Å². The number of rotatable bonds is 27. The summed E-state index contributed by atoms with van der Waals surface area (Å²) in [5.41, 5.74) is 39.0. The zero-order valence-corrected chi connectivity index (χ0v) is 85.3. The lowest BCUT2D eigenvalue weighted by Gasteiger charge is -2.31. The Kier molecular flexibility index (Phi) is 39.0. The number of urea groups is 2. The van der Waals surface area contributed by atoms with E-state index in [1.807, 2.05) is 137 Å². The van der Waals surface area contributed by atoms with Gasteiger partial charge in [0.1, 0.15) is 29.4 Å². The van der Waals surface area contributed by atoms with Gasteiger partial charge in [-0.3, -0.25) is 47.8 Å². The number of nitrogens with one attached hydrogen (secondary N) is 4. The van der Waals surface area contributed by atoms with Crippen LogP contribution in [0, 0.1) is 24.6 Å². The molecular weight excluding hydrogens is 1900 g/mol. The minimum absolute atomic E-state index is 0.00388. The van der Waals surface area contributed by atoms with Crippen LogP contribution >= 0.6 is 11.3 Å². The topological polar surface area (TPSA) is 459 Å². The third-order valence-electron chi connectivity index (χ3n) is 28.6. The molecule has 14 N–H and O–H groups in total. The molecule has 3 aromatic heterocycles. The third-order valence-corrected chi connectivity index (χ3v) is 29.3. The predicted molar refractivity (Wildman–Crippen MR) is 556 cm³/mol. The van der Waals surface area contributed by atoms with Gasteiger partial charge in [-0.15, -0.1) is 5.10 Å². The van der Waals surface area contributed by atoms with Gasteiger partial charge in [-0.05, 0) is 260 Å². The van der Waals surface area contributed by atoms with Gasteiger partial charge in [0.25, 0.3) is 41.4 Å². The Bertz CT molecular complexity index is 6270. The summed E-state index contributed by atoms with van der Waals surface area (Å²) in [7, 11) is 3.51. The number of thiophene rings is 1. The standard InChI is InChI=1S/C21H25N3O3.C20H23N3O3.C19H27N3O2.C18H16FN5O.C17H20N4O3.C16H23N3O2S/c1-2-27-18-11-9-16(10-12-18)19-4-3-13-24(19)20(25)17-7-5-15(6-8-17)14-23-21(22)26;1-26-17-10-8-15(9-11-17)18-3-2-12-23(18)19(24)16-6-4-14(5-7-16)13-22-20(21)25;1-14-5-2-3-6-16(14)17-7-4-10-22(17)18(23)13-21-11-8-15(9-12-21)19(20)24;19-15-8-6-13(7-9-15)17-5-2-10-23(17)18(25)14-3-1-4-16(11-14)24-12-20-21-22-24;1-20-10-13(9-19-20)15-6-3-7-21(15)17(23)12-4-2-5-14(8-12)24-11-16(18)22;17-16(21)12-3-7-18(8-4-12)10-15(20)19-6-1-2-14(19)13-5-9-22-11-13/h5-12,19H,2-4,13-14H2,1H3,(H3,22,23,26);4-11,18H,2-3,12-13H2,1H3,(H3,21,22,25);2-3,5-6,15,17H,4,7-13H2,1H3,(H2,20,24);1,3-4,6-9,11-12,17H,2,5,10H2;2,4-5,8-10,15H,3,6-7,11H2,1H3,(H2,18,22);5,9,11-12,14H,1-4,6-8,10H2,(H2,17,21)/p+2. The molecule has 8 saturated heterocycles. The van der Waals surface area contributed by atoms with Crippen molar-refractivity contribution in [3.8, 4) is 22.9 Å². The lowest BCUT2D eigenvalue weighted by atomic mass is 9.96. The Morgan fingerprint density at radius 3 is 1.30 bits per heavy atom. The van der Waals surface area contributed by atoms with Crippen LogP contribution < -0.4 is 63.3 Å². The number of methoxy groups -OCH3 is 1. The van der Waals surface area contributed by atoms with Gasteiger partial charge in [0, 0.05) is 131 Å². The summed E-state index contributed by atoms with van der Waals surface area (Å²) in [5, 5.41) is 24.6. The highest BCUT2D eigenvalue weighted by molar-refractivity contribution is 7.08. The van der Waals surface area contributed by atoms with E-state index in [1.54, 1.807) is 95.9 Å². The number of ether oxygens (including phenoxy) is 3. The lowest BCUT2D eigenvalue weighted by molar-refractivity contribution is -0.898. The Labute approximate surface area is 865 Å². The number of hydrogen-bond donors (Lipinski definition) is 9. The first-order chi connectivity index (χ1) is 71.6. The van der Waals surface area contributed by atoms with Crippen molar-refractivity contribution in [2.75, 3.05) is 98.9 Å². The number of aryl methyl sites for hydroxylation is 2. The first-order valence-electron chi connectivity index (χ1n) is 51.0. The van der Waals surface area contributed by atoms with Crippen LogP contribution in [0.3, 0.4) is 0 Å². The molecule has 8 aromatic carbocycles. The molecule has 148 heavy (non-hydrogen) atoms. The Hall–Kier alpha value is -15.2. The molecule has 0 saturated carbocycles. The van der Waals surface area contributed by atoms with E-state index in [0.717, 1.165) is 206 Å². The van der Waals surface area contributed by atoms with Crippen molar-refractivity contribution in [3.05, 3.63) is 308 Å². The maximum absolute atomic E-state index is 13.2. The van der Waals surface area contributed by atoms with Crippen LogP contribution in [-0.2, 0) is 44.1 Å². The summed E-state index contributed by atoms with van der Waals surface area (Å²) in [5.74, 6) is 1.36. The lowest BCUT2D eigenvalue weighted by Crippen LogP contribution is -3.14. The molecule has 780 valence electrons. The van der Waals surface area contributed by atoms with E-state index in [4.69, 9.17) is 42.9 Å². The number of quaternary nitrogens is 2. The highest BCUT2D eigenvalue weighted by Crippen LogP contribution is 2.41. The second kappa shape index (κ2) is 53.2. The number of carbonyl (C=O) groups is 11. The molecular formula is C111H136FN21O14S+2. The van der Waals surface area contributed by atoms with E-state index < -0.39 is 18.0 Å². The minimum Gasteiger partial charge on any atom is -0.497 e. The maximum atomic E-state index is 13.2. The molecule has 13 amide bonds. The second-order valence-corrected chi connectivity index (χ2v) is 39.2. The van der Waals surface area contributed by atoms with Gasteiger partial charge >= 0.3 is 12.1 Å². The number of primary amides is 5. The fourth-order valence-corrected chi connectivity index (χ4v) is 21.5. The molecule has 6 atom stereocenters. The number of piperidine rings is 2. The number of aromatic nitrogens is 6. The van der Waals surface area contributed by atoms with E-state index in [9.17, 15) is 57.1 Å². The molecule has 8 fully saturated rings. The Balaban J connectivity index is 0.000000140. The fraction of sp³-hybridized carbons (Fsp3) is 0.396. The number of halogens is 1. The molecule has 8 aliphatic heterocycles. The van der Waals surface area contributed by atoms with Crippen LogP contribution in [0.15, 0.2) is 230 Å². The van der Waals surface area contributed by atoms with Gasteiger partial charge < -0.3 is 92.7 Å². The molecule has 35 nitrogen and oxygen atoms in total. The van der Waals surface area contributed by atoms with Crippen LogP contribution in [-0.4, -0.2) is 223 Å². The van der Waals surface area contributed by atoms with Gasteiger partial charge in [0.15, 0.2) is 19.7 Å². The summed E-state index contributed by atoms with van der Waals surface area (Å²) >= 11 is 1.69. The van der Waals surface area contributed by atoms with Gasteiger partial charge in [-0.25, -0.2) is 18.7 Å². The average Bonchev–Trinajstić information content (AvgIpc) is 1.65. The van der Waals surface area contributed by atoms with Crippen LogP contribution in [0.25, 0.3) is 5.69 Å². The molecule has 8 aliphatic rings. The van der Waals surface area contributed by atoms with E-state index in [1.165, 1.54) is 49.6 Å². The first kappa shape index (κ1) is 108. The Morgan fingerprint density at radius 1 is 0.446 bits per heavy atom. The monoisotopic (exact) mass is 2040 g/mol. The van der Waals surface area contributed by atoms with Crippen molar-refractivity contribution in [2.24, 2.45) is 47.6 Å². The van der Waals surface area contributed by atoms with Crippen molar-refractivity contribution in [2.45, 2.75) is 166 Å². The first-order valence-corrected chi connectivity index (χ1v) is 51.9. The molecule has 11 heterocycles. The predicted octanol–water partition coefficient (Wildman–Crippen LogP) is 10.7. The van der Waals surface area contributed by atoms with E-state index in [-0.39, 0.29) is 108 Å². The molecule has 6 unspecified atom stereocenters. The van der Waals surface area contributed by atoms with Crippen LogP contribution in [0.2, 0.25) is 0 Å². The third kappa shape index (κ3) is 29.6. The second-order valence-electron chi connectivity index (χ2n) is 38.4. The number of amides is 13. The molecule has 0 spiro atoms. The molecule has 37 heteroatoms. The zero-order valence-electron chi connectivity index (χ0n) is 84.4. The van der Waals surface area contributed by atoms with Crippen LogP contribution in [0.5, 0.6) is 17.2 Å². The van der Waals surface area contributed by atoms with Gasteiger partial charge in [-0.2, -0.15) is 16.4 Å². The minimum atomic E-state index is -0.565. The summed E-state index contributed by atoms with van der Waals surface area (Å²) in [6.07, 6.45) is 20.4. The number of tetrazole rings is 1. The number of hydrogen-bond acceptors (Lipinski definition) is 19. The number of nitrogens with two attached hydrogens (primary N) is 5. The van der Waals surface area contributed by atoms with Crippen LogP contribution in [0.1, 0.15) is 237 Å². The molecule has 11 aromatic rings.